The molecule has 2 heterocycles. The number of hydrogen-bond donors (Lipinski definition) is 0. The van der Waals surface area contributed by atoms with Crippen LogP contribution in [0.15, 0.2) is 36.8 Å². The molecule has 0 aliphatic carbocycles. The van der Waals surface area contributed by atoms with Crippen molar-refractivity contribution in [2.24, 2.45) is 0 Å². The fraction of sp³-hybridized carbons (Fsp3) is 0.353. The largest absolute Gasteiger partial charge is 0.543 e. The minimum absolute atomic E-state index is 0.141. The number of halogens is 1. The average Bonchev–Trinajstić information content (AvgIpc) is 2.88. The van der Waals surface area contributed by atoms with Crippen molar-refractivity contribution in [1.29, 1.82) is 0 Å². The summed E-state index contributed by atoms with van der Waals surface area (Å²) in [5, 5.41) is 5.96. The second-order valence-electron chi connectivity index (χ2n) is 7.34. The summed E-state index contributed by atoms with van der Waals surface area (Å²) in [5.41, 5.74) is 0.931. The molecule has 0 saturated carbocycles. The highest BCUT2D eigenvalue weighted by atomic mass is 35.5. The van der Waals surface area contributed by atoms with Crippen LogP contribution in [0.25, 0.3) is 16.7 Å². The molecule has 24 heavy (non-hydrogen) atoms. The Kier molecular flexibility index (Phi) is 4.13. The van der Waals surface area contributed by atoms with Gasteiger partial charge in [-0.25, -0.2) is 14.6 Å². The zero-order valence-electron chi connectivity index (χ0n) is 14.5. The Balaban J connectivity index is 2.04. The van der Waals surface area contributed by atoms with E-state index in [1.54, 1.807) is 10.7 Å². The van der Waals surface area contributed by atoms with Crippen molar-refractivity contribution in [1.82, 2.24) is 19.7 Å². The van der Waals surface area contributed by atoms with Gasteiger partial charge >= 0.3 is 0 Å². The van der Waals surface area contributed by atoms with Gasteiger partial charge in [0.25, 0.3) is 0 Å². The van der Waals surface area contributed by atoms with Crippen LogP contribution in [0.5, 0.6) is 5.75 Å². The summed E-state index contributed by atoms with van der Waals surface area (Å²) < 4.78 is 8.15. The van der Waals surface area contributed by atoms with E-state index < -0.39 is 8.32 Å². The maximum Gasteiger partial charge on any atom is 0.250 e. The van der Waals surface area contributed by atoms with Crippen LogP contribution in [0, 0.1) is 0 Å². The van der Waals surface area contributed by atoms with E-state index in [1.165, 1.54) is 6.33 Å². The average molecular weight is 361 g/mol. The molecular formula is C17H21ClN4OSi. The van der Waals surface area contributed by atoms with Gasteiger partial charge in [-0.3, -0.25) is 0 Å². The van der Waals surface area contributed by atoms with E-state index in [2.05, 4.69) is 48.9 Å². The van der Waals surface area contributed by atoms with Crippen LogP contribution in [0.2, 0.25) is 23.3 Å². The molecule has 3 aromatic rings. The van der Waals surface area contributed by atoms with Gasteiger partial charge in [-0.2, -0.15) is 5.10 Å². The van der Waals surface area contributed by atoms with E-state index in [9.17, 15) is 0 Å². The second kappa shape index (κ2) is 5.86. The molecule has 7 heteroatoms. The lowest BCUT2D eigenvalue weighted by atomic mass is 10.2. The van der Waals surface area contributed by atoms with Crippen LogP contribution in [0.4, 0.5) is 0 Å². The van der Waals surface area contributed by atoms with Crippen LogP contribution in [0.1, 0.15) is 20.8 Å². The summed E-state index contributed by atoms with van der Waals surface area (Å²) in [7, 11) is -1.89. The number of benzene rings is 1. The highest BCUT2D eigenvalue weighted by molar-refractivity contribution is 6.74. The first-order chi connectivity index (χ1) is 11.2. The molecule has 0 atom stereocenters. The molecule has 126 valence electrons. The van der Waals surface area contributed by atoms with Gasteiger partial charge in [-0.05, 0) is 30.3 Å². The van der Waals surface area contributed by atoms with Gasteiger partial charge in [-0.1, -0.05) is 32.4 Å². The fourth-order valence-corrected chi connectivity index (χ4v) is 3.30. The molecule has 2 aromatic heterocycles. The first kappa shape index (κ1) is 16.9. The third-order valence-electron chi connectivity index (χ3n) is 4.56. The van der Waals surface area contributed by atoms with Gasteiger partial charge in [0, 0.05) is 17.5 Å². The van der Waals surface area contributed by atoms with Crippen molar-refractivity contribution in [3.8, 4) is 11.6 Å². The molecule has 0 N–H and O–H groups in total. The van der Waals surface area contributed by atoms with Gasteiger partial charge in [-0.15, -0.1) is 0 Å². The van der Waals surface area contributed by atoms with E-state index in [0.29, 0.717) is 11.0 Å². The van der Waals surface area contributed by atoms with Crippen molar-refractivity contribution >= 4 is 30.8 Å². The second-order valence-corrected chi connectivity index (χ2v) is 12.5. The maximum atomic E-state index is 6.40. The highest BCUT2D eigenvalue weighted by Crippen LogP contribution is 2.38. The topological polar surface area (TPSA) is 52.8 Å². The smallest absolute Gasteiger partial charge is 0.250 e. The molecule has 5 nitrogen and oxygen atoms in total. The minimum Gasteiger partial charge on any atom is -0.543 e. The lowest BCUT2D eigenvalue weighted by Gasteiger charge is -2.36. The number of rotatable bonds is 3. The number of nitrogens with zero attached hydrogens (tertiary/aromatic N) is 4. The molecule has 0 fully saturated rings. The molecule has 0 aliphatic rings. The third kappa shape index (κ3) is 3.16. The highest BCUT2D eigenvalue weighted by Gasteiger charge is 2.39. The normalized spacial score (nSPS) is 12.6. The monoisotopic (exact) mass is 360 g/mol. The number of fused-ring (bicyclic) bond motifs is 1. The van der Waals surface area contributed by atoms with Crippen LogP contribution >= 0.6 is 11.6 Å². The van der Waals surface area contributed by atoms with E-state index in [1.807, 2.05) is 24.4 Å². The van der Waals surface area contributed by atoms with Gasteiger partial charge in [0.05, 0.1) is 11.7 Å². The summed E-state index contributed by atoms with van der Waals surface area (Å²) in [4.78, 5) is 8.17. The van der Waals surface area contributed by atoms with E-state index in [-0.39, 0.29) is 5.04 Å². The predicted molar refractivity (Wildman–Crippen MR) is 99.5 cm³/mol. The number of aromatic nitrogens is 4. The lowest BCUT2D eigenvalue weighted by Crippen LogP contribution is -2.43. The van der Waals surface area contributed by atoms with Gasteiger partial charge in [0.1, 0.15) is 17.2 Å². The zero-order chi connectivity index (χ0) is 17.5. The van der Waals surface area contributed by atoms with Crippen molar-refractivity contribution < 1.29 is 4.43 Å². The molecule has 1 aromatic carbocycles. The van der Waals surface area contributed by atoms with Crippen molar-refractivity contribution in [2.45, 2.75) is 38.9 Å². The predicted octanol–water partition coefficient (Wildman–Crippen LogP) is 4.85. The first-order valence-electron chi connectivity index (χ1n) is 7.82. The zero-order valence-corrected chi connectivity index (χ0v) is 16.3. The number of hydrogen-bond acceptors (Lipinski definition) is 4. The molecule has 0 amide bonds. The fourth-order valence-electron chi connectivity index (χ4n) is 2.13. The first-order valence-corrected chi connectivity index (χ1v) is 11.1. The van der Waals surface area contributed by atoms with Crippen molar-refractivity contribution in [3.05, 3.63) is 41.9 Å². The Bertz CT molecular complexity index is 886. The SMILES string of the molecule is CC(C)(C)[Si](C)(C)Oc1ccc2cnn(-c3cc(Cl)ncn3)c2c1. The molecule has 0 unspecified atom stereocenters. The Morgan fingerprint density at radius 3 is 2.54 bits per heavy atom. The Morgan fingerprint density at radius 1 is 1.12 bits per heavy atom. The summed E-state index contributed by atoms with van der Waals surface area (Å²) in [6.07, 6.45) is 3.24. The Morgan fingerprint density at radius 2 is 1.88 bits per heavy atom. The maximum absolute atomic E-state index is 6.40. The van der Waals surface area contributed by atoms with Gasteiger partial charge < -0.3 is 4.43 Å². The molecule has 0 aliphatic heterocycles. The molecule has 0 radical (unpaired) electrons. The third-order valence-corrected chi connectivity index (χ3v) is 9.12. The summed E-state index contributed by atoms with van der Waals surface area (Å²) in [5.74, 6) is 1.49. The standard InChI is InChI=1S/C17H21ClN4OSi/c1-17(2,3)24(4,5)23-13-7-6-12-10-21-22(14(12)8-13)16-9-15(18)19-11-20-16/h6-11H,1-5H3. The van der Waals surface area contributed by atoms with Gasteiger partial charge in [0.15, 0.2) is 5.82 Å². The molecule has 0 saturated heterocycles. The van der Waals surface area contributed by atoms with Crippen LogP contribution < -0.4 is 4.43 Å². The van der Waals surface area contributed by atoms with Crippen LogP contribution in [-0.4, -0.2) is 28.1 Å². The summed E-state index contributed by atoms with van der Waals surface area (Å²) in [6, 6.07) is 7.72. The molecule has 3 rings (SSSR count). The lowest BCUT2D eigenvalue weighted by molar-refractivity contribution is 0.492. The Labute approximate surface area is 147 Å². The van der Waals surface area contributed by atoms with E-state index >= 15 is 0 Å². The molecular weight excluding hydrogens is 340 g/mol. The Hall–Kier alpha value is -1.92. The summed E-state index contributed by atoms with van der Waals surface area (Å²) in [6.45, 7) is 11.2. The molecule has 0 spiro atoms. The van der Waals surface area contributed by atoms with Crippen molar-refractivity contribution in [2.75, 3.05) is 0 Å². The summed E-state index contributed by atoms with van der Waals surface area (Å²) >= 11 is 5.97. The van der Waals surface area contributed by atoms with Crippen LogP contribution in [-0.2, 0) is 0 Å². The molecule has 0 bridgehead atoms. The van der Waals surface area contributed by atoms with E-state index in [4.69, 9.17) is 16.0 Å². The quantitative estimate of drug-likeness (QED) is 0.494. The minimum atomic E-state index is -1.89. The van der Waals surface area contributed by atoms with Crippen LogP contribution in [0.3, 0.4) is 0 Å². The van der Waals surface area contributed by atoms with E-state index in [0.717, 1.165) is 16.7 Å². The van der Waals surface area contributed by atoms with Crippen molar-refractivity contribution in [3.63, 3.8) is 0 Å². The van der Waals surface area contributed by atoms with Gasteiger partial charge in [0.2, 0.25) is 8.32 Å².